The van der Waals surface area contributed by atoms with Gasteiger partial charge in [-0.2, -0.15) is 18.3 Å². The third-order valence-electron chi connectivity index (χ3n) is 8.47. The molecule has 1 amide bonds. The van der Waals surface area contributed by atoms with Gasteiger partial charge in [-0.15, -0.1) is 0 Å². The quantitative estimate of drug-likeness (QED) is 0.361. The molecule has 2 aromatic carbocycles. The summed E-state index contributed by atoms with van der Waals surface area (Å²) in [5.41, 5.74) is 0.645. The molecule has 206 valence electrons. The van der Waals surface area contributed by atoms with Crippen LogP contribution in [0.4, 0.5) is 13.2 Å². The molecule has 2 fully saturated rings. The van der Waals surface area contributed by atoms with E-state index < -0.39 is 17.3 Å². The number of quaternary nitrogens is 1. The first-order chi connectivity index (χ1) is 18.6. The number of nitrogens with one attached hydrogen (secondary N) is 1. The van der Waals surface area contributed by atoms with Gasteiger partial charge in [-0.3, -0.25) is 14.8 Å². The Hall–Kier alpha value is -2.60. The zero-order valence-corrected chi connectivity index (χ0v) is 23.2. The van der Waals surface area contributed by atoms with Crippen LogP contribution in [-0.2, 0) is 22.9 Å². The molecule has 3 unspecified atom stereocenters. The lowest BCUT2D eigenvalue weighted by atomic mass is 9.85. The summed E-state index contributed by atoms with van der Waals surface area (Å²) in [7, 11) is 3.47. The van der Waals surface area contributed by atoms with E-state index in [0.29, 0.717) is 30.7 Å². The second-order valence-corrected chi connectivity index (χ2v) is 12.2. The van der Waals surface area contributed by atoms with E-state index in [-0.39, 0.29) is 35.5 Å². The summed E-state index contributed by atoms with van der Waals surface area (Å²) in [6, 6.07) is 10.0. The number of alkyl halides is 3. The van der Waals surface area contributed by atoms with Crippen molar-refractivity contribution in [3.05, 3.63) is 64.3 Å². The molecule has 0 spiro atoms. The van der Waals surface area contributed by atoms with Crippen LogP contribution in [0.1, 0.15) is 16.7 Å². The number of nitrogens with zero attached hydrogens (tertiary/aromatic N) is 5. The maximum absolute atomic E-state index is 14.3. The van der Waals surface area contributed by atoms with Gasteiger partial charge in [0.05, 0.1) is 43.5 Å². The maximum Gasteiger partial charge on any atom is 0.416 e. The molecule has 0 aliphatic carbocycles. The second kappa shape index (κ2) is 9.50. The van der Waals surface area contributed by atoms with Crippen LogP contribution in [0, 0.1) is 0 Å². The van der Waals surface area contributed by atoms with Gasteiger partial charge in [-0.25, -0.2) is 9.48 Å². The van der Waals surface area contributed by atoms with Crippen molar-refractivity contribution in [3.63, 3.8) is 0 Å². The number of halogens is 4. The minimum Gasteiger partial charge on any atom is -0.348 e. The lowest BCUT2D eigenvalue weighted by molar-refractivity contribution is -0.753. The van der Waals surface area contributed by atoms with E-state index in [0.717, 1.165) is 33.5 Å². The molecule has 3 aromatic rings. The fourth-order valence-electron chi connectivity index (χ4n) is 6.58. The fourth-order valence-corrected chi connectivity index (χ4v) is 7.92. The SMILES string of the molecule is CN(C)C(=O)CN1CC[N+]2(C3=NCCS3)C(C1)C2(Cc1ccc(Cl)cc1C(F)(F)F)c1ccc2[nH]ncc2c1. The molecule has 12 heteroatoms. The number of rotatable bonds is 5. The van der Waals surface area contributed by atoms with Crippen LogP contribution in [0.2, 0.25) is 5.02 Å². The number of fused-ring (bicyclic) bond motifs is 2. The van der Waals surface area contributed by atoms with Crippen molar-refractivity contribution in [2.45, 2.75) is 24.2 Å². The van der Waals surface area contributed by atoms with Crippen molar-refractivity contribution in [2.75, 3.05) is 52.6 Å². The Bertz CT molecular complexity index is 1480. The molecule has 3 atom stereocenters. The molecular weight excluding hydrogens is 549 g/mol. The molecule has 1 aromatic heterocycles. The Morgan fingerprint density at radius 2 is 2.10 bits per heavy atom. The van der Waals surface area contributed by atoms with Gasteiger partial charge in [0.2, 0.25) is 5.91 Å². The Morgan fingerprint density at radius 1 is 1.28 bits per heavy atom. The van der Waals surface area contributed by atoms with Crippen LogP contribution in [0.5, 0.6) is 0 Å². The minimum atomic E-state index is -4.54. The van der Waals surface area contributed by atoms with E-state index in [2.05, 4.69) is 21.2 Å². The van der Waals surface area contributed by atoms with Crippen LogP contribution in [0.15, 0.2) is 47.6 Å². The third-order valence-corrected chi connectivity index (χ3v) is 9.81. The number of amidine groups is 1. The molecule has 39 heavy (non-hydrogen) atoms. The number of benzene rings is 2. The molecule has 4 heterocycles. The van der Waals surface area contributed by atoms with Crippen molar-refractivity contribution >= 4 is 45.3 Å². The fraction of sp³-hybridized carbons (Fsp3) is 0.444. The summed E-state index contributed by atoms with van der Waals surface area (Å²) < 4.78 is 43.4. The Balaban J connectivity index is 1.51. The molecule has 2 saturated heterocycles. The van der Waals surface area contributed by atoms with E-state index in [4.69, 9.17) is 16.6 Å². The van der Waals surface area contributed by atoms with Gasteiger partial charge in [-0.05, 0) is 41.6 Å². The van der Waals surface area contributed by atoms with E-state index >= 15 is 0 Å². The number of piperazine rings is 1. The highest BCUT2D eigenvalue weighted by molar-refractivity contribution is 8.13. The number of H-pyrrole nitrogens is 1. The highest BCUT2D eigenvalue weighted by atomic mass is 35.5. The van der Waals surface area contributed by atoms with Crippen LogP contribution < -0.4 is 0 Å². The van der Waals surface area contributed by atoms with Crippen molar-refractivity contribution in [1.29, 1.82) is 0 Å². The molecule has 7 nitrogen and oxygen atoms in total. The number of aliphatic imine (C=N–C) groups is 1. The van der Waals surface area contributed by atoms with Crippen LogP contribution >= 0.6 is 23.4 Å². The van der Waals surface area contributed by atoms with Crippen LogP contribution in [0.3, 0.4) is 0 Å². The summed E-state index contributed by atoms with van der Waals surface area (Å²) in [5.74, 6) is 0.863. The van der Waals surface area contributed by atoms with Gasteiger partial charge in [0.1, 0.15) is 0 Å². The predicted octanol–water partition coefficient (Wildman–Crippen LogP) is 4.38. The van der Waals surface area contributed by atoms with Gasteiger partial charge in [0.15, 0.2) is 11.6 Å². The van der Waals surface area contributed by atoms with Gasteiger partial charge in [-0.1, -0.05) is 23.7 Å². The van der Waals surface area contributed by atoms with E-state index in [9.17, 15) is 18.0 Å². The van der Waals surface area contributed by atoms with Gasteiger partial charge < -0.3 is 4.90 Å². The Morgan fingerprint density at radius 3 is 2.82 bits per heavy atom. The minimum absolute atomic E-state index is 0.00528. The third kappa shape index (κ3) is 4.25. The van der Waals surface area contributed by atoms with E-state index in [1.165, 1.54) is 12.1 Å². The van der Waals surface area contributed by atoms with Crippen LogP contribution in [0.25, 0.3) is 10.9 Å². The smallest absolute Gasteiger partial charge is 0.348 e. The standard InChI is InChI=1S/C27H29ClF3N6OS/c1-35(2)24(38)16-36-8-9-37(25-32-7-10-39-25)23(15-36)26(37,19-4-6-22-18(11-19)14-33-34-22)13-17-3-5-20(28)12-21(17)27(29,30)31/h3-6,11-12,14,23H,7-10,13,15-16H2,1-2H3,(H,33,34)/q+1. The molecule has 1 N–H and O–H groups in total. The lowest BCUT2D eigenvalue weighted by Gasteiger charge is -2.32. The number of thioether (sulfide) groups is 1. The number of hydrogen-bond acceptors (Lipinski definition) is 5. The molecule has 3 aliphatic heterocycles. The molecule has 6 rings (SSSR count). The zero-order chi connectivity index (χ0) is 27.6. The van der Waals surface area contributed by atoms with Crippen molar-refractivity contribution in [3.8, 4) is 0 Å². The predicted molar refractivity (Wildman–Crippen MR) is 147 cm³/mol. The van der Waals surface area contributed by atoms with Gasteiger partial charge in [0.25, 0.3) is 5.17 Å². The largest absolute Gasteiger partial charge is 0.416 e. The molecule has 0 bridgehead atoms. The van der Waals surface area contributed by atoms with Gasteiger partial charge >= 0.3 is 6.18 Å². The number of amides is 1. The number of likely N-dealkylation sites (N-methyl/N-ethyl adjacent to an activating group) is 1. The summed E-state index contributed by atoms with van der Waals surface area (Å²) in [5, 5.41) is 9.08. The van der Waals surface area contributed by atoms with E-state index in [1.54, 1.807) is 37.0 Å². The summed E-state index contributed by atoms with van der Waals surface area (Å²) in [4.78, 5) is 21.2. The maximum atomic E-state index is 14.3. The van der Waals surface area contributed by atoms with Crippen LogP contribution in [-0.4, -0.2) is 94.2 Å². The van der Waals surface area contributed by atoms with E-state index in [1.807, 2.05) is 12.1 Å². The monoisotopic (exact) mass is 577 g/mol. The number of aromatic amines is 1. The van der Waals surface area contributed by atoms with Crippen molar-refractivity contribution < 1.29 is 22.4 Å². The zero-order valence-electron chi connectivity index (χ0n) is 21.6. The average Bonchev–Trinajstić information content (AvgIpc) is 3.34. The highest BCUT2D eigenvalue weighted by Crippen LogP contribution is 2.64. The first-order valence-electron chi connectivity index (χ1n) is 12.8. The summed E-state index contributed by atoms with van der Waals surface area (Å²) in [6.45, 7) is 2.86. The Kier molecular flexibility index (Phi) is 6.48. The average molecular weight is 578 g/mol. The number of carbonyl (C=O) groups excluding carboxylic acids is 1. The summed E-state index contributed by atoms with van der Waals surface area (Å²) in [6.07, 6.45) is -2.63. The molecule has 0 saturated carbocycles. The topological polar surface area (TPSA) is 64.6 Å². The molecule has 3 aliphatic rings. The Labute approximate surface area is 233 Å². The second-order valence-electron chi connectivity index (χ2n) is 10.7. The molecular formula is C27H29ClF3N6OS+. The number of hydrogen-bond donors (Lipinski definition) is 1. The first-order valence-corrected chi connectivity index (χ1v) is 14.2. The first kappa shape index (κ1) is 26.6. The number of aromatic nitrogens is 2. The highest BCUT2D eigenvalue weighted by Gasteiger charge is 2.83. The van der Waals surface area contributed by atoms with Gasteiger partial charge in [0, 0.05) is 48.8 Å². The van der Waals surface area contributed by atoms with Crippen molar-refractivity contribution in [1.82, 2.24) is 20.0 Å². The normalized spacial score (nSPS) is 26.9. The van der Waals surface area contributed by atoms with Crippen molar-refractivity contribution in [2.24, 2.45) is 4.99 Å². The lowest BCUT2D eigenvalue weighted by Crippen LogP contribution is -2.52. The summed E-state index contributed by atoms with van der Waals surface area (Å²) >= 11 is 7.75. The number of carbonyl (C=O) groups is 1. The molecule has 0 radical (unpaired) electrons.